The second kappa shape index (κ2) is 6.85. The number of amides is 1. The van der Waals surface area contributed by atoms with Crippen LogP contribution in [0.5, 0.6) is 0 Å². The zero-order valence-electron chi connectivity index (χ0n) is 11.1. The molecular weight excluding hydrogens is 238 g/mol. The molecule has 1 heterocycles. The van der Waals surface area contributed by atoms with E-state index in [-0.39, 0.29) is 5.91 Å². The molecule has 0 aliphatic rings. The van der Waals surface area contributed by atoms with Gasteiger partial charge in [0.2, 0.25) is 5.91 Å². The Morgan fingerprint density at radius 1 is 1.26 bits per heavy atom. The molecule has 0 saturated heterocycles. The van der Waals surface area contributed by atoms with Crippen molar-refractivity contribution in [3.8, 4) is 0 Å². The summed E-state index contributed by atoms with van der Waals surface area (Å²) in [5.41, 5.74) is 2.10. The molecule has 100 valence electrons. The van der Waals surface area contributed by atoms with Crippen LogP contribution in [-0.2, 0) is 11.3 Å². The van der Waals surface area contributed by atoms with Gasteiger partial charge in [-0.05, 0) is 18.1 Å². The van der Waals surface area contributed by atoms with Crippen LogP contribution in [0.4, 0.5) is 0 Å². The lowest BCUT2D eigenvalue weighted by Gasteiger charge is -2.08. The fourth-order valence-corrected chi connectivity index (χ4v) is 1.95. The smallest absolute Gasteiger partial charge is 0.233 e. The number of carbonyl (C=O) groups is 1. The summed E-state index contributed by atoms with van der Waals surface area (Å²) in [6, 6.07) is 10.1. The van der Waals surface area contributed by atoms with E-state index < -0.39 is 0 Å². The SMILES string of the molecule is CCCNC(=O)CNCc1cccc2cccnc12. The lowest BCUT2D eigenvalue weighted by molar-refractivity contribution is -0.120. The Balaban J connectivity index is 1.93. The molecule has 0 atom stereocenters. The van der Waals surface area contributed by atoms with Gasteiger partial charge >= 0.3 is 0 Å². The Kier molecular flexibility index (Phi) is 4.86. The van der Waals surface area contributed by atoms with E-state index in [0.717, 1.165) is 29.4 Å². The van der Waals surface area contributed by atoms with E-state index in [4.69, 9.17) is 0 Å². The van der Waals surface area contributed by atoms with E-state index in [9.17, 15) is 4.79 Å². The van der Waals surface area contributed by atoms with Crippen LogP contribution in [0, 0.1) is 0 Å². The summed E-state index contributed by atoms with van der Waals surface area (Å²) in [6.07, 6.45) is 2.75. The number of fused-ring (bicyclic) bond motifs is 1. The molecular formula is C15H19N3O. The first-order valence-corrected chi connectivity index (χ1v) is 6.61. The minimum atomic E-state index is 0.0371. The Bertz CT molecular complexity index is 549. The lowest BCUT2D eigenvalue weighted by Crippen LogP contribution is -2.33. The summed E-state index contributed by atoms with van der Waals surface area (Å²) in [5.74, 6) is 0.0371. The quantitative estimate of drug-likeness (QED) is 0.830. The molecule has 0 unspecified atom stereocenters. The lowest BCUT2D eigenvalue weighted by atomic mass is 10.1. The third kappa shape index (κ3) is 3.76. The molecule has 2 aromatic rings. The van der Waals surface area contributed by atoms with Gasteiger partial charge in [-0.2, -0.15) is 0 Å². The van der Waals surface area contributed by atoms with Crippen LogP contribution < -0.4 is 10.6 Å². The maximum atomic E-state index is 11.5. The molecule has 2 N–H and O–H groups in total. The highest BCUT2D eigenvalue weighted by atomic mass is 16.1. The number of para-hydroxylation sites is 1. The van der Waals surface area contributed by atoms with E-state index in [1.54, 1.807) is 6.20 Å². The topological polar surface area (TPSA) is 54.0 Å². The second-order valence-corrected chi connectivity index (χ2v) is 4.45. The molecule has 0 fully saturated rings. The first-order chi connectivity index (χ1) is 9.31. The van der Waals surface area contributed by atoms with Gasteiger partial charge in [0.1, 0.15) is 0 Å². The van der Waals surface area contributed by atoms with Crippen molar-refractivity contribution in [3.05, 3.63) is 42.1 Å². The molecule has 19 heavy (non-hydrogen) atoms. The molecule has 0 aliphatic heterocycles. The van der Waals surface area contributed by atoms with E-state index in [1.165, 1.54) is 0 Å². The molecule has 0 spiro atoms. The number of benzene rings is 1. The van der Waals surface area contributed by atoms with Crippen molar-refractivity contribution in [1.29, 1.82) is 0 Å². The minimum absolute atomic E-state index is 0.0371. The maximum Gasteiger partial charge on any atom is 0.233 e. The summed E-state index contributed by atoms with van der Waals surface area (Å²) in [4.78, 5) is 15.9. The Morgan fingerprint density at radius 2 is 2.11 bits per heavy atom. The average molecular weight is 257 g/mol. The molecule has 4 nitrogen and oxygen atoms in total. The number of carbonyl (C=O) groups excluding carboxylic acids is 1. The van der Waals surface area contributed by atoms with Gasteiger partial charge in [-0.15, -0.1) is 0 Å². The number of aromatic nitrogens is 1. The van der Waals surface area contributed by atoms with Gasteiger partial charge in [-0.25, -0.2) is 0 Å². The zero-order chi connectivity index (χ0) is 13.5. The van der Waals surface area contributed by atoms with Crippen molar-refractivity contribution in [3.63, 3.8) is 0 Å². The Hall–Kier alpha value is -1.94. The van der Waals surface area contributed by atoms with Crippen LogP contribution in [-0.4, -0.2) is 24.0 Å². The zero-order valence-corrected chi connectivity index (χ0v) is 11.1. The van der Waals surface area contributed by atoms with Crippen molar-refractivity contribution in [2.45, 2.75) is 19.9 Å². The number of pyridine rings is 1. The van der Waals surface area contributed by atoms with Crippen LogP contribution in [0.1, 0.15) is 18.9 Å². The first kappa shape index (κ1) is 13.5. The third-order valence-corrected chi connectivity index (χ3v) is 2.89. The highest BCUT2D eigenvalue weighted by Gasteiger charge is 2.03. The third-order valence-electron chi connectivity index (χ3n) is 2.89. The minimum Gasteiger partial charge on any atom is -0.355 e. The maximum absolute atomic E-state index is 11.5. The number of hydrogen-bond acceptors (Lipinski definition) is 3. The second-order valence-electron chi connectivity index (χ2n) is 4.45. The summed E-state index contributed by atoms with van der Waals surface area (Å²) in [5, 5.41) is 7.11. The van der Waals surface area contributed by atoms with Crippen molar-refractivity contribution >= 4 is 16.8 Å². The standard InChI is InChI=1S/C15H19N3O/c1-2-8-17-14(19)11-16-10-13-6-3-5-12-7-4-9-18-15(12)13/h3-7,9,16H,2,8,10-11H2,1H3,(H,17,19). The summed E-state index contributed by atoms with van der Waals surface area (Å²) >= 11 is 0. The summed E-state index contributed by atoms with van der Waals surface area (Å²) < 4.78 is 0. The van der Waals surface area contributed by atoms with Gasteiger partial charge < -0.3 is 10.6 Å². The van der Waals surface area contributed by atoms with Gasteiger partial charge in [0.05, 0.1) is 12.1 Å². The monoisotopic (exact) mass is 257 g/mol. The van der Waals surface area contributed by atoms with Gasteiger partial charge in [0, 0.05) is 24.7 Å². The number of rotatable bonds is 6. The highest BCUT2D eigenvalue weighted by molar-refractivity contribution is 5.81. The molecule has 1 aromatic heterocycles. The average Bonchev–Trinajstić information content (AvgIpc) is 2.45. The first-order valence-electron chi connectivity index (χ1n) is 6.61. The van der Waals surface area contributed by atoms with Crippen molar-refractivity contribution in [2.75, 3.05) is 13.1 Å². The molecule has 0 radical (unpaired) electrons. The fourth-order valence-electron chi connectivity index (χ4n) is 1.95. The molecule has 1 aromatic carbocycles. The Labute approximate surface area is 113 Å². The predicted molar refractivity (Wildman–Crippen MR) is 76.8 cm³/mol. The molecule has 2 rings (SSSR count). The fraction of sp³-hybridized carbons (Fsp3) is 0.333. The van der Waals surface area contributed by atoms with E-state index in [2.05, 4.69) is 15.6 Å². The van der Waals surface area contributed by atoms with E-state index in [0.29, 0.717) is 13.1 Å². The van der Waals surface area contributed by atoms with Crippen LogP contribution >= 0.6 is 0 Å². The highest BCUT2D eigenvalue weighted by Crippen LogP contribution is 2.15. The molecule has 0 saturated carbocycles. The van der Waals surface area contributed by atoms with Gasteiger partial charge in [0.15, 0.2) is 0 Å². The molecule has 0 aliphatic carbocycles. The van der Waals surface area contributed by atoms with Crippen LogP contribution in [0.15, 0.2) is 36.5 Å². The van der Waals surface area contributed by atoms with Crippen molar-refractivity contribution in [2.24, 2.45) is 0 Å². The van der Waals surface area contributed by atoms with Gasteiger partial charge in [-0.3, -0.25) is 9.78 Å². The van der Waals surface area contributed by atoms with E-state index in [1.807, 2.05) is 37.3 Å². The van der Waals surface area contributed by atoms with E-state index >= 15 is 0 Å². The summed E-state index contributed by atoms with van der Waals surface area (Å²) in [6.45, 7) is 3.75. The molecule has 4 heteroatoms. The summed E-state index contributed by atoms with van der Waals surface area (Å²) in [7, 11) is 0. The largest absolute Gasteiger partial charge is 0.355 e. The number of hydrogen-bond donors (Lipinski definition) is 2. The predicted octanol–water partition coefficient (Wildman–Crippen LogP) is 1.85. The normalized spacial score (nSPS) is 10.6. The Morgan fingerprint density at radius 3 is 2.95 bits per heavy atom. The van der Waals surface area contributed by atoms with Crippen molar-refractivity contribution in [1.82, 2.24) is 15.6 Å². The van der Waals surface area contributed by atoms with Crippen LogP contribution in [0.25, 0.3) is 10.9 Å². The van der Waals surface area contributed by atoms with Gasteiger partial charge in [-0.1, -0.05) is 31.2 Å². The van der Waals surface area contributed by atoms with Crippen LogP contribution in [0.3, 0.4) is 0 Å². The van der Waals surface area contributed by atoms with Gasteiger partial charge in [0.25, 0.3) is 0 Å². The van der Waals surface area contributed by atoms with Crippen LogP contribution in [0.2, 0.25) is 0 Å². The number of nitrogens with one attached hydrogen (secondary N) is 2. The molecule has 0 bridgehead atoms. The van der Waals surface area contributed by atoms with Crippen molar-refractivity contribution < 1.29 is 4.79 Å². The molecule has 1 amide bonds. The number of nitrogens with zero attached hydrogens (tertiary/aromatic N) is 1.